The molecule has 1 N–H and O–H groups in total. The summed E-state index contributed by atoms with van der Waals surface area (Å²) in [6.07, 6.45) is -0.327. The molecule has 7 heteroatoms. The van der Waals surface area contributed by atoms with E-state index in [9.17, 15) is 4.79 Å². The summed E-state index contributed by atoms with van der Waals surface area (Å²) in [6.45, 7) is 0.644. The normalized spacial score (nSPS) is 16.3. The van der Waals surface area contributed by atoms with Crippen LogP contribution in [0.25, 0.3) is 0 Å². The summed E-state index contributed by atoms with van der Waals surface area (Å²) in [5.74, 6) is 2.66. The molecular weight excluding hydrogens is 396 g/mol. The van der Waals surface area contributed by atoms with Gasteiger partial charge in [-0.25, -0.2) is 0 Å². The zero-order valence-electron chi connectivity index (χ0n) is 17.3. The second-order valence-electron chi connectivity index (χ2n) is 7.32. The van der Waals surface area contributed by atoms with Crippen LogP contribution in [0, 0.1) is 0 Å². The third-order valence-electron chi connectivity index (χ3n) is 5.54. The Morgan fingerprint density at radius 3 is 2.61 bits per heavy atom. The maximum atomic E-state index is 13.2. The largest absolute Gasteiger partial charge is 0.493 e. The van der Waals surface area contributed by atoms with E-state index >= 15 is 0 Å². The molecule has 2 aliphatic heterocycles. The lowest BCUT2D eigenvalue weighted by Crippen LogP contribution is -2.31. The summed E-state index contributed by atoms with van der Waals surface area (Å²) in [4.78, 5) is 15.1. The molecule has 0 spiro atoms. The van der Waals surface area contributed by atoms with Crippen molar-refractivity contribution in [3.8, 4) is 23.0 Å². The standard InChI is InChI=1S/C24H22N2O5/c1-28-19-10-8-16(12-21(19)29-2)25-23-17-5-3-4-6-18(17)24(27)26(23)13-15-7-9-20-22(11-15)31-14-30-20/h3-12,23,25H,13-14H2,1-2H3. The molecular formula is C24H22N2O5. The van der Waals surface area contributed by atoms with Gasteiger partial charge in [0.25, 0.3) is 5.91 Å². The number of carbonyl (C=O) groups excluding carboxylic acids is 1. The van der Waals surface area contributed by atoms with Crippen LogP contribution in [-0.4, -0.2) is 31.8 Å². The molecule has 0 radical (unpaired) electrons. The third-order valence-corrected chi connectivity index (χ3v) is 5.54. The Kier molecular flexibility index (Phi) is 4.78. The number of amides is 1. The lowest BCUT2D eigenvalue weighted by Gasteiger charge is -2.27. The van der Waals surface area contributed by atoms with Gasteiger partial charge in [-0.2, -0.15) is 0 Å². The highest BCUT2D eigenvalue weighted by molar-refractivity contribution is 5.99. The molecule has 1 atom stereocenters. The van der Waals surface area contributed by atoms with Gasteiger partial charge in [0.05, 0.1) is 14.2 Å². The number of fused-ring (bicyclic) bond motifs is 2. The molecule has 3 aromatic carbocycles. The highest BCUT2D eigenvalue weighted by Gasteiger charge is 2.36. The van der Waals surface area contributed by atoms with Gasteiger partial charge in [-0.15, -0.1) is 0 Å². The smallest absolute Gasteiger partial charge is 0.256 e. The van der Waals surface area contributed by atoms with E-state index in [2.05, 4.69) is 5.32 Å². The summed E-state index contributed by atoms with van der Waals surface area (Å²) in [6, 6.07) is 19.0. The number of methoxy groups -OCH3 is 2. The fraction of sp³-hybridized carbons (Fsp3) is 0.208. The fourth-order valence-corrected chi connectivity index (χ4v) is 4.01. The minimum atomic E-state index is -0.327. The third kappa shape index (κ3) is 3.38. The van der Waals surface area contributed by atoms with Gasteiger partial charge in [0.15, 0.2) is 23.0 Å². The Morgan fingerprint density at radius 2 is 1.77 bits per heavy atom. The summed E-state index contributed by atoms with van der Waals surface area (Å²) >= 11 is 0. The maximum Gasteiger partial charge on any atom is 0.256 e. The number of ether oxygens (including phenoxy) is 4. The van der Waals surface area contributed by atoms with Gasteiger partial charge >= 0.3 is 0 Å². The molecule has 2 heterocycles. The maximum absolute atomic E-state index is 13.2. The summed E-state index contributed by atoms with van der Waals surface area (Å²) in [5.41, 5.74) is 3.41. The molecule has 7 nitrogen and oxygen atoms in total. The molecule has 1 unspecified atom stereocenters. The number of rotatable bonds is 6. The van der Waals surface area contributed by atoms with Crippen LogP contribution >= 0.6 is 0 Å². The first kappa shape index (κ1) is 19.1. The Bertz CT molecular complexity index is 1150. The molecule has 0 saturated heterocycles. The molecule has 0 saturated carbocycles. The van der Waals surface area contributed by atoms with E-state index in [1.54, 1.807) is 14.2 Å². The molecule has 0 fully saturated rings. The van der Waals surface area contributed by atoms with Gasteiger partial charge in [-0.1, -0.05) is 24.3 Å². The summed E-state index contributed by atoms with van der Waals surface area (Å²) in [5, 5.41) is 3.49. The number of anilines is 1. The van der Waals surface area contributed by atoms with Crippen molar-refractivity contribution in [2.45, 2.75) is 12.7 Å². The topological polar surface area (TPSA) is 69.3 Å². The number of nitrogens with zero attached hydrogens (tertiary/aromatic N) is 1. The molecule has 5 rings (SSSR count). The van der Waals surface area contributed by atoms with E-state index < -0.39 is 0 Å². The fourth-order valence-electron chi connectivity index (χ4n) is 4.01. The van der Waals surface area contributed by atoms with Crippen LogP contribution in [0.15, 0.2) is 60.7 Å². The minimum absolute atomic E-state index is 0.0220. The quantitative estimate of drug-likeness (QED) is 0.647. The SMILES string of the molecule is COc1ccc(NC2c3ccccc3C(=O)N2Cc2ccc3c(c2)OCO3)cc1OC. The lowest BCUT2D eigenvalue weighted by molar-refractivity contribution is 0.0728. The van der Waals surface area contributed by atoms with E-state index in [0.717, 1.165) is 22.6 Å². The van der Waals surface area contributed by atoms with E-state index in [1.165, 1.54) is 0 Å². The molecule has 158 valence electrons. The van der Waals surface area contributed by atoms with Crippen LogP contribution in [0.4, 0.5) is 5.69 Å². The zero-order chi connectivity index (χ0) is 21.4. The van der Waals surface area contributed by atoms with Crippen molar-refractivity contribution < 1.29 is 23.7 Å². The molecule has 3 aromatic rings. The van der Waals surface area contributed by atoms with Crippen LogP contribution < -0.4 is 24.3 Å². The Labute approximate surface area is 180 Å². The van der Waals surface area contributed by atoms with Gasteiger partial charge in [0.2, 0.25) is 6.79 Å². The molecule has 1 amide bonds. The van der Waals surface area contributed by atoms with Crippen molar-refractivity contribution >= 4 is 11.6 Å². The van der Waals surface area contributed by atoms with E-state index in [-0.39, 0.29) is 18.9 Å². The van der Waals surface area contributed by atoms with Gasteiger partial charge < -0.3 is 29.2 Å². The molecule has 2 aliphatic rings. The van der Waals surface area contributed by atoms with Crippen LogP contribution in [0.1, 0.15) is 27.7 Å². The average molecular weight is 418 g/mol. The van der Waals surface area contributed by atoms with Crippen molar-refractivity contribution in [2.75, 3.05) is 26.3 Å². The number of hydrogen-bond donors (Lipinski definition) is 1. The highest BCUT2D eigenvalue weighted by atomic mass is 16.7. The number of benzene rings is 3. The van der Waals surface area contributed by atoms with Crippen molar-refractivity contribution in [2.24, 2.45) is 0 Å². The minimum Gasteiger partial charge on any atom is -0.493 e. The van der Waals surface area contributed by atoms with Crippen LogP contribution in [-0.2, 0) is 6.54 Å². The Hall–Kier alpha value is -3.87. The van der Waals surface area contributed by atoms with Gasteiger partial charge in [-0.3, -0.25) is 4.79 Å². The zero-order valence-corrected chi connectivity index (χ0v) is 17.3. The Morgan fingerprint density at radius 1 is 0.968 bits per heavy atom. The molecule has 31 heavy (non-hydrogen) atoms. The van der Waals surface area contributed by atoms with Crippen LogP contribution in [0.5, 0.6) is 23.0 Å². The van der Waals surface area contributed by atoms with E-state index in [0.29, 0.717) is 29.4 Å². The van der Waals surface area contributed by atoms with Crippen molar-refractivity contribution in [1.29, 1.82) is 0 Å². The predicted molar refractivity (Wildman–Crippen MR) is 115 cm³/mol. The van der Waals surface area contributed by atoms with Crippen molar-refractivity contribution in [1.82, 2.24) is 4.90 Å². The van der Waals surface area contributed by atoms with Crippen LogP contribution in [0.3, 0.4) is 0 Å². The molecule has 0 aliphatic carbocycles. The summed E-state index contributed by atoms with van der Waals surface area (Å²) in [7, 11) is 3.20. The molecule has 0 aromatic heterocycles. The number of hydrogen-bond acceptors (Lipinski definition) is 6. The molecule has 0 bridgehead atoms. The first-order chi connectivity index (χ1) is 15.2. The monoisotopic (exact) mass is 418 g/mol. The first-order valence-corrected chi connectivity index (χ1v) is 9.95. The van der Waals surface area contributed by atoms with Crippen LogP contribution in [0.2, 0.25) is 0 Å². The van der Waals surface area contributed by atoms with Crippen molar-refractivity contribution in [3.63, 3.8) is 0 Å². The Balaban J connectivity index is 1.47. The van der Waals surface area contributed by atoms with Crippen molar-refractivity contribution in [3.05, 3.63) is 77.4 Å². The number of carbonyl (C=O) groups is 1. The van der Waals surface area contributed by atoms with E-state index in [1.807, 2.05) is 65.6 Å². The first-order valence-electron chi connectivity index (χ1n) is 9.95. The van der Waals surface area contributed by atoms with Gasteiger partial charge in [0.1, 0.15) is 6.17 Å². The highest BCUT2D eigenvalue weighted by Crippen LogP contribution is 2.39. The predicted octanol–water partition coefficient (Wildman–Crippen LogP) is 4.20. The van der Waals surface area contributed by atoms with Gasteiger partial charge in [-0.05, 0) is 35.9 Å². The van der Waals surface area contributed by atoms with E-state index in [4.69, 9.17) is 18.9 Å². The second kappa shape index (κ2) is 7.75. The second-order valence-corrected chi connectivity index (χ2v) is 7.32. The summed E-state index contributed by atoms with van der Waals surface area (Å²) < 4.78 is 21.7. The lowest BCUT2D eigenvalue weighted by atomic mass is 10.1. The van der Waals surface area contributed by atoms with Gasteiger partial charge in [0, 0.05) is 29.4 Å². The average Bonchev–Trinajstić information content (AvgIpc) is 3.37. The number of nitrogens with one attached hydrogen (secondary N) is 1.